The summed E-state index contributed by atoms with van der Waals surface area (Å²) in [5, 5.41) is 2.03. The molecule has 0 bridgehead atoms. The van der Waals surface area contributed by atoms with Gasteiger partial charge in [0.05, 0.1) is 0 Å². The first-order chi connectivity index (χ1) is 6.91. The first kappa shape index (κ1) is 12.3. The van der Waals surface area contributed by atoms with E-state index in [9.17, 15) is 18.0 Å². The fourth-order valence-electron chi connectivity index (χ4n) is 2.04. The zero-order valence-corrected chi connectivity index (χ0v) is 8.73. The lowest BCUT2D eigenvalue weighted by molar-refractivity contribution is -0.174. The fourth-order valence-corrected chi connectivity index (χ4v) is 2.04. The van der Waals surface area contributed by atoms with E-state index in [1.54, 1.807) is 6.92 Å². The standard InChI is InChI=1S/C10H16F3NO/c1-7(8-5-3-2-4-6-8)14-9(15)10(11,12)13/h7-8H,2-6H2,1H3,(H,14,15)/t7-/m0/s1. The average Bonchev–Trinajstić information content (AvgIpc) is 2.17. The van der Waals surface area contributed by atoms with Gasteiger partial charge < -0.3 is 5.32 Å². The Morgan fingerprint density at radius 2 is 1.80 bits per heavy atom. The summed E-state index contributed by atoms with van der Waals surface area (Å²) >= 11 is 0. The third-order valence-corrected chi connectivity index (χ3v) is 2.97. The van der Waals surface area contributed by atoms with Crippen molar-refractivity contribution in [2.75, 3.05) is 0 Å². The summed E-state index contributed by atoms with van der Waals surface area (Å²) in [5.41, 5.74) is 0. The molecule has 0 aromatic carbocycles. The second-order valence-electron chi connectivity index (χ2n) is 4.16. The molecule has 1 saturated carbocycles. The van der Waals surface area contributed by atoms with Crippen LogP contribution in [0.2, 0.25) is 0 Å². The van der Waals surface area contributed by atoms with E-state index in [1.165, 1.54) is 0 Å². The highest BCUT2D eigenvalue weighted by atomic mass is 19.4. The average molecular weight is 223 g/mol. The van der Waals surface area contributed by atoms with Crippen LogP contribution in [0.3, 0.4) is 0 Å². The highest BCUT2D eigenvalue weighted by Gasteiger charge is 2.40. The molecule has 5 heteroatoms. The fraction of sp³-hybridized carbons (Fsp3) is 0.900. The van der Waals surface area contributed by atoms with Crippen molar-refractivity contribution in [2.45, 2.75) is 51.2 Å². The van der Waals surface area contributed by atoms with Crippen LogP contribution in [0, 0.1) is 5.92 Å². The minimum absolute atomic E-state index is 0.199. The summed E-state index contributed by atoms with van der Waals surface area (Å²) in [6.07, 6.45) is 0.325. The van der Waals surface area contributed by atoms with Crippen LogP contribution >= 0.6 is 0 Å². The predicted octanol–water partition coefficient (Wildman–Crippen LogP) is 2.63. The zero-order valence-electron chi connectivity index (χ0n) is 8.73. The molecule has 1 atom stereocenters. The summed E-state index contributed by atoms with van der Waals surface area (Å²) in [7, 11) is 0. The number of carbonyl (C=O) groups excluding carboxylic acids is 1. The summed E-state index contributed by atoms with van der Waals surface area (Å²) in [6, 6.07) is -0.376. The first-order valence-corrected chi connectivity index (χ1v) is 5.29. The van der Waals surface area contributed by atoms with Crippen molar-refractivity contribution < 1.29 is 18.0 Å². The number of nitrogens with one attached hydrogen (secondary N) is 1. The van der Waals surface area contributed by atoms with E-state index >= 15 is 0 Å². The molecule has 0 aromatic heterocycles. The minimum atomic E-state index is -4.76. The molecule has 1 amide bonds. The summed E-state index contributed by atoms with van der Waals surface area (Å²) in [4.78, 5) is 10.7. The first-order valence-electron chi connectivity index (χ1n) is 5.29. The van der Waals surface area contributed by atoms with Crippen molar-refractivity contribution in [3.63, 3.8) is 0 Å². The number of hydrogen-bond donors (Lipinski definition) is 1. The number of rotatable bonds is 2. The molecule has 1 fully saturated rings. The lowest BCUT2D eigenvalue weighted by atomic mass is 9.84. The van der Waals surface area contributed by atoms with Crippen molar-refractivity contribution in [3.8, 4) is 0 Å². The van der Waals surface area contributed by atoms with Gasteiger partial charge in [0.25, 0.3) is 0 Å². The monoisotopic (exact) mass is 223 g/mol. The van der Waals surface area contributed by atoms with Crippen LogP contribution < -0.4 is 5.32 Å². The highest BCUT2D eigenvalue weighted by molar-refractivity contribution is 5.81. The molecule has 1 aliphatic rings. The molecule has 15 heavy (non-hydrogen) atoms. The van der Waals surface area contributed by atoms with Gasteiger partial charge in [-0.3, -0.25) is 4.79 Å². The van der Waals surface area contributed by atoms with Crippen LogP contribution in [-0.2, 0) is 4.79 Å². The van der Waals surface area contributed by atoms with Gasteiger partial charge in [-0.2, -0.15) is 13.2 Å². The molecule has 0 heterocycles. The number of amides is 1. The maximum absolute atomic E-state index is 12.0. The molecular weight excluding hydrogens is 207 g/mol. The van der Waals surface area contributed by atoms with Gasteiger partial charge in [-0.15, -0.1) is 0 Å². The Balaban J connectivity index is 2.40. The molecule has 1 aliphatic carbocycles. The van der Waals surface area contributed by atoms with Crippen LogP contribution in [-0.4, -0.2) is 18.1 Å². The smallest absolute Gasteiger partial charge is 0.346 e. The molecular formula is C10H16F3NO. The zero-order chi connectivity index (χ0) is 11.5. The number of halogens is 3. The van der Waals surface area contributed by atoms with Crippen molar-refractivity contribution in [2.24, 2.45) is 5.92 Å². The van der Waals surface area contributed by atoms with Crippen LogP contribution in [0.1, 0.15) is 39.0 Å². The second kappa shape index (κ2) is 4.86. The van der Waals surface area contributed by atoms with Crippen molar-refractivity contribution in [3.05, 3.63) is 0 Å². The Bertz CT molecular complexity index is 221. The quantitative estimate of drug-likeness (QED) is 0.766. The Morgan fingerprint density at radius 1 is 1.27 bits per heavy atom. The van der Waals surface area contributed by atoms with E-state index in [2.05, 4.69) is 0 Å². The molecule has 2 nitrogen and oxygen atoms in total. The molecule has 0 unspecified atom stereocenters. The topological polar surface area (TPSA) is 29.1 Å². The number of alkyl halides is 3. The number of carbonyl (C=O) groups is 1. The maximum Gasteiger partial charge on any atom is 0.471 e. The van der Waals surface area contributed by atoms with Gasteiger partial charge >= 0.3 is 12.1 Å². The van der Waals surface area contributed by atoms with Gasteiger partial charge in [0.15, 0.2) is 0 Å². The molecule has 0 radical (unpaired) electrons. The summed E-state index contributed by atoms with van der Waals surface area (Å²) < 4.78 is 35.9. The molecule has 0 aromatic rings. The van der Waals surface area contributed by atoms with E-state index in [-0.39, 0.29) is 12.0 Å². The molecule has 0 aliphatic heterocycles. The van der Waals surface area contributed by atoms with Crippen molar-refractivity contribution >= 4 is 5.91 Å². The summed E-state index contributed by atoms with van der Waals surface area (Å²) in [5.74, 6) is -1.62. The normalized spacial score (nSPS) is 21.1. The van der Waals surface area contributed by atoms with E-state index in [0.717, 1.165) is 32.1 Å². The Kier molecular flexibility index (Phi) is 3.99. The van der Waals surface area contributed by atoms with Crippen molar-refractivity contribution in [1.82, 2.24) is 5.32 Å². The summed E-state index contributed by atoms with van der Waals surface area (Å²) in [6.45, 7) is 1.65. The largest absolute Gasteiger partial charge is 0.471 e. The van der Waals surface area contributed by atoms with E-state index in [1.807, 2.05) is 5.32 Å². The van der Waals surface area contributed by atoms with E-state index in [4.69, 9.17) is 0 Å². The number of hydrogen-bond acceptors (Lipinski definition) is 1. The van der Waals surface area contributed by atoms with Gasteiger partial charge in [0.2, 0.25) is 0 Å². The van der Waals surface area contributed by atoms with Gasteiger partial charge in [-0.1, -0.05) is 19.3 Å². The lowest BCUT2D eigenvalue weighted by Crippen LogP contribution is -2.45. The van der Waals surface area contributed by atoms with Gasteiger partial charge in [-0.25, -0.2) is 0 Å². The Morgan fingerprint density at radius 3 is 2.27 bits per heavy atom. The highest BCUT2D eigenvalue weighted by Crippen LogP contribution is 2.27. The maximum atomic E-state index is 12.0. The van der Waals surface area contributed by atoms with Crippen molar-refractivity contribution in [1.29, 1.82) is 0 Å². The molecule has 0 spiro atoms. The molecule has 88 valence electrons. The minimum Gasteiger partial charge on any atom is -0.346 e. The van der Waals surface area contributed by atoms with Gasteiger partial charge in [0.1, 0.15) is 0 Å². The van der Waals surface area contributed by atoms with Crippen LogP contribution in [0.25, 0.3) is 0 Å². The van der Waals surface area contributed by atoms with Gasteiger partial charge in [0, 0.05) is 6.04 Å². The SMILES string of the molecule is C[C@H](NC(=O)C(F)(F)F)C1CCCCC1. The molecule has 1 rings (SSSR count). The predicted molar refractivity (Wildman–Crippen MR) is 50.2 cm³/mol. The lowest BCUT2D eigenvalue weighted by Gasteiger charge is -2.28. The Labute approximate surface area is 87.2 Å². The second-order valence-corrected chi connectivity index (χ2v) is 4.16. The molecule has 0 saturated heterocycles. The van der Waals surface area contributed by atoms with Gasteiger partial charge in [-0.05, 0) is 25.7 Å². The van der Waals surface area contributed by atoms with Crippen LogP contribution in [0.15, 0.2) is 0 Å². The third kappa shape index (κ3) is 3.72. The van der Waals surface area contributed by atoms with E-state index < -0.39 is 12.1 Å². The Hall–Kier alpha value is -0.740. The van der Waals surface area contributed by atoms with E-state index in [0.29, 0.717) is 0 Å². The van der Waals surface area contributed by atoms with Crippen LogP contribution in [0.4, 0.5) is 13.2 Å². The van der Waals surface area contributed by atoms with Crippen LogP contribution in [0.5, 0.6) is 0 Å². The molecule has 1 N–H and O–H groups in total. The third-order valence-electron chi connectivity index (χ3n) is 2.97.